The molecule has 0 saturated carbocycles. The zero-order valence-corrected chi connectivity index (χ0v) is 9.99. The molecule has 0 fully saturated rings. The number of esters is 1. The smallest absolute Gasteiger partial charge is 0.358 e. The number of carbonyl (C=O) groups excluding carboxylic acids is 1. The van der Waals surface area contributed by atoms with E-state index < -0.39 is 5.97 Å². The van der Waals surface area contributed by atoms with Gasteiger partial charge < -0.3 is 15.0 Å². The van der Waals surface area contributed by atoms with Gasteiger partial charge in [-0.2, -0.15) is 0 Å². The first-order valence-electron chi connectivity index (χ1n) is 4.39. The second-order valence-corrected chi connectivity index (χ2v) is 4.38. The lowest BCUT2D eigenvalue weighted by atomic mass is 10.4. The number of hydrogen-bond donors (Lipinski definition) is 1. The molecule has 0 aliphatic rings. The standard InChI is InChI=1S/C9H12N2O2S2/c1-3-5-11-6(8(12)13-4-2)7(10)15-9(11)14/h3H,1,4-5,10H2,2H3. The Balaban J connectivity index is 3.19. The van der Waals surface area contributed by atoms with Crippen LogP contribution in [0.4, 0.5) is 5.00 Å². The van der Waals surface area contributed by atoms with Crippen molar-refractivity contribution >= 4 is 34.5 Å². The SMILES string of the molecule is C=CCn1c(C(=O)OCC)c(N)sc1=S. The second-order valence-electron chi connectivity index (χ2n) is 2.70. The second kappa shape index (κ2) is 5.09. The lowest BCUT2D eigenvalue weighted by Crippen LogP contribution is -2.13. The number of aromatic nitrogens is 1. The van der Waals surface area contributed by atoms with Gasteiger partial charge in [0.05, 0.1) is 6.61 Å². The largest absolute Gasteiger partial charge is 0.461 e. The summed E-state index contributed by atoms with van der Waals surface area (Å²) in [4.78, 5) is 11.6. The molecule has 0 aliphatic heterocycles. The number of hydrogen-bond acceptors (Lipinski definition) is 5. The molecule has 1 heterocycles. The van der Waals surface area contributed by atoms with Crippen molar-refractivity contribution < 1.29 is 9.53 Å². The summed E-state index contributed by atoms with van der Waals surface area (Å²) in [5, 5.41) is 0.389. The molecule has 0 aliphatic carbocycles. The van der Waals surface area contributed by atoms with Crippen LogP contribution in [0.1, 0.15) is 17.4 Å². The monoisotopic (exact) mass is 244 g/mol. The lowest BCUT2D eigenvalue weighted by Gasteiger charge is -2.05. The van der Waals surface area contributed by atoms with Gasteiger partial charge in [-0.05, 0) is 19.1 Å². The first-order valence-corrected chi connectivity index (χ1v) is 5.61. The van der Waals surface area contributed by atoms with E-state index in [1.54, 1.807) is 17.6 Å². The normalized spacial score (nSPS) is 9.93. The van der Waals surface area contributed by atoms with Crippen LogP contribution >= 0.6 is 23.6 Å². The van der Waals surface area contributed by atoms with Crippen molar-refractivity contribution in [1.82, 2.24) is 4.57 Å². The molecule has 0 radical (unpaired) electrons. The van der Waals surface area contributed by atoms with Gasteiger partial charge in [-0.25, -0.2) is 4.79 Å². The Morgan fingerprint density at radius 2 is 2.47 bits per heavy atom. The summed E-state index contributed by atoms with van der Waals surface area (Å²) >= 11 is 6.27. The summed E-state index contributed by atoms with van der Waals surface area (Å²) in [7, 11) is 0. The third-order valence-corrected chi connectivity index (χ3v) is 2.98. The predicted molar refractivity (Wildman–Crippen MR) is 63.7 cm³/mol. The van der Waals surface area contributed by atoms with E-state index in [1.165, 1.54) is 11.3 Å². The molecular weight excluding hydrogens is 232 g/mol. The molecule has 82 valence electrons. The number of ether oxygens (including phenoxy) is 1. The molecule has 0 bridgehead atoms. The molecule has 0 saturated heterocycles. The Morgan fingerprint density at radius 3 is 3.00 bits per heavy atom. The van der Waals surface area contributed by atoms with Gasteiger partial charge in [-0.3, -0.25) is 0 Å². The molecule has 0 spiro atoms. The lowest BCUT2D eigenvalue weighted by molar-refractivity contribution is 0.0515. The van der Waals surface area contributed by atoms with Crippen LogP contribution in [-0.2, 0) is 11.3 Å². The Hall–Kier alpha value is -1.14. The maximum Gasteiger partial charge on any atom is 0.358 e. The Labute approximate surface area is 97.0 Å². The van der Waals surface area contributed by atoms with E-state index in [-0.39, 0.29) is 0 Å². The quantitative estimate of drug-likeness (QED) is 0.501. The van der Waals surface area contributed by atoms with Crippen molar-refractivity contribution in [2.45, 2.75) is 13.5 Å². The molecule has 15 heavy (non-hydrogen) atoms. The van der Waals surface area contributed by atoms with Crippen molar-refractivity contribution in [2.24, 2.45) is 0 Å². The van der Waals surface area contributed by atoms with Crippen molar-refractivity contribution in [1.29, 1.82) is 0 Å². The summed E-state index contributed by atoms with van der Waals surface area (Å²) in [6.45, 7) is 6.11. The van der Waals surface area contributed by atoms with Crippen LogP contribution < -0.4 is 5.73 Å². The van der Waals surface area contributed by atoms with Gasteiger partial charge in [0.25, 0.3) is 0 Å². The third kappa shape index (κ3) is 2.45. The number of allylic oxidation sites excluding steroid dienone is 1. The van der Waals surface area contributed by atoms with Crippen molar-refractivity contribution in [2.75, 3.05) is 12.3 Å². The van der Waals surface area contributed by atoms with Crippen molar-refractivity contribution in [3.8, 4) is 0 Å². The molecule has 1 aromatic heterocycles. The summed E-state index contributed by atoms with van der Waals surface area (Å²) in [6.07, 6.45) is 1.66. The predicted octanol–water partition coefficient (Wildman–Crippen LogP) is 2.22. The maximum atomic E-state index is 11.6. The fourth-order valence-electron chi connectivity index (χ4n) is 1.13. The number of nitrogens with two attached hydrogens (primary N) is 1. The first kappa shape index (κ1) is 11.9. The minimum Gasteiger partial charge on any atom is -0.461 e. The Bertz CT molecular complexity index is 434. The minimum absolute atomic E-state index is 0.314. The molecule has 1 rings (SSSR count). The molecule has 0 atom stereocenters. The van der Waals surface area contributed by atoms with Crippen molar-refractivity contribution in [3.05, 3.63) is 22.3 Å². The topological polar surface area (TPSA) is 57.2 Å². The number of rotatable bonds is 4. The van der Waals surface area contributed by atoms with Crippen LogP contribution in [0, 0.1) is 3.95 Å². The van der Waals surface area contributed by atoms with E-state index in [0.717, 1.165) is 0 Å². The van der Waals surface area contributed by atoms with E-state index in [2.05, 4.69) is 6.58 Å². The van der Waals surface area contributed by atoms with Gasteiger partial charge in [-0.1, -0.05) is 17.4 Å². The summed E-state index contributed by atoms with van der Waals surface area (Å²) in [6, 6.07) is 0. The maximum absolute atomic E-state index is 11.6. The van der Waals surface area contributed by atoms with Gasteiger partial charge in [0.2, 0.25) is 0 Å². The minimum atomic E-state index is -0.441. The molecule has 4 nitrogen and oxygen atoms in total. The van der Waals surface area contributed by atoms with E-state index in [9.17, 15) is 4.79 Å². The highest BCUT2D eigenvalue weighted by Crippen LogP contribution is 2.23. The van der Waals surface area contributed by atoms with E-state index >= 15 is 0 Å². The van der Waals surface area contributed by atoms with Gasteiger partial charge in [0.15, 0.2) is 9.65 Å². The van der Waals surface area contributed by atoms with E-state index in [4.69, 9.17) is 22.7 Å². The Kier molecular flexibility index (Phi) is 4.05. The molecule has 0 aromatic carbocycles. The van der Waals surface area contributed by atoms with Gasteiger partial charge in [0.1, 0.15) is 5.00 Å². The van der Waals surface area contributed by atoms with Crippen molar-refractivity contribution in [3.63, 3.8) is 0 Å². The van der Waals surface area contributed by atoms with Crippen LogP contribution in [0.3, 0.4) is 0 Å². The zero-order chi connectivity index (χ0) is 11.4. The molecule has 2 N–H and O–H groups in total. The highest BCUT2D eigenvalue weighted by atomic mass is 32.1. The average Bonchev–Trinajstić information content (AvgIpc) is 2.43. The van der Waals surface area contributed by atoms with Crippen LogP contribution in [-0.4, -0.2) is 17.1 Å². The summed E-state index contributed by atoms with van der Waals surface area (Å²) < 4.78 is 7.07. The average molecular weight is 244 g/mol. The fraction of sp³-hybridized carbons (Fsp3) is 0.333. The van der Waals surface area contributed by atoms with Crippen LogP contribution in [0.2, 0.25) is 0 Å². The highest BCUT2D eigenvalue weighted by molar-refractivity contribution is 7.73. The number of carbonyl (C=O) groups is 1. The van der Waals surface area contributed by atoms with Crippen LogP contribution in [0.5, 0.6) is 0 Å². The summed E-state index contributed by atoms with van der Waals surface area (Å²) in [5.41, 5.74) is 6.03. The van der Waals surface area contributed by atoms with E-state index in [0.29, 0.717) is 27.8 Å². The zero-order valence-electron chi connectivity index (χ0n) is 8.36. The number of nitrogen functional groups attached to an aromatic ring is 1. The highest BCUT2D eigenvalue weighted by Gasteiger charge is 2.18. The molecule has 0 amide bonds. The molecule has 1 aromatic rings. The van der Waals surface area contributed by atoms with Crippen LogP contribution in [0.15, 0.2) is 12.7 Å². The van der Waals surface area contributed by atoms with Gasteiger partial charge in [0, 0.05) is 6.54 Å². The number of nitrogens with zero attached hydrogens (tertiary/aromatic N) is 1. The van der Waals surface area contributed by atoms with Gasteiger partial charge in [-0.15, -0.1) is 6.58 Å². The van der Waals surface area contributed by atoms with Gasteiger partial charge >= 0.3 is 5.97 Å². The molecular formula is C9H12N2O2S2. The fourth-order valence-corrected chi connectivity index (χ4v) is 2.32. The van der Waals surface area contributed by atoms with E-state index in [1.807, 2.05) is 0 Å². The Morgan fingerprint density at radius 1 is 1.80 bits per heavy atom. The van der Waals surface area contributed by atoms with Crippen LogP contribution in [0.25, 0.3) is 0 Å². The third-order valence-electron chi connectivity index (χ3n) is 1.70. The summed E-state index contributed by atoms with van der Waals surface area (Å²) in [5.74, 6) is -0.441. The molecule has 0 unspecified atom stereocenters. The molecule has 6 heteroatoms. The first-order chi connectivity index (χ1) is 7.11. The number of anilines is 1. The number of thiazole rings is 1.